The smallest absolute Gasteiger partial charge is 0.145 e. The van der Waals surface area contributed by atoms with E-state index in [0.717, 1.165) is 16.5 Å². The number of aromatic nitrogens is 1. The van der Waals surface area contributed by atoms with Gasteiger partial charge in [0, 0.05) is 17.3 Å². The maximum atomic E-state index is 14.1. The van der Waals surface area contributed by atoms with Crippen LogP contribution < -0.4 is 0 Å². The molecule has 1 aromatic heterocycles. The first-order chi connectivity index (χ1) is 10.2. The number of aliphatic hydroxyl groups is 1. The molecule has 0 saturated heterocycles. The van der Waals surface area contributed by atoms with Crippen LogP contribution in [0.3, 0.4) is 0 Å². The quantitative estimate of drug-likeness (QED) is 0.801. The molecule has 1 N–H and O–H groups in total. The van der Waals surface area contributed by atoms with Crippen LogP contribution in [-0.4, -0.2) is 9.67 Å². The van der Waals surface area contributed by atoms with Gasteiger partial charge in [-0.25, -0.2) is 4.39 Å². The minimum Gasteiger partial charge on any atom is -0.392 e. The van der Waals surface area contributed by atoms with Crippen LogP contribution in [0.15, 0.2) is 48.7 Å². The Morgan fingerprint density at radius 2 is 2.05 bits per heavy atom. The molecule has 0 amide bonds. The monoisotopic (exact) mass is 280 g/mol. The molecule has 3 nitrogen and oxygen atoms in total. The van der Waals surface area contributed by atoms with Crippen molar-refractivity contribution in [2.24, 2.45) is 0 Å². The van der Waals surface area contributed by atoms with Gasteiger partial charge in [0.1, 0.15) is 11.9 Å². The summed E-state index contributed by atoms with van der Waals surface area (Å²) < 4.78 is 16.0. The first-order valence-corrected chi connectivity index (χ1v) is 6.59. The topological polar surface area (TPSA) is 49.0 Å². The van der Waals surface area contributed by atoms with Gasteiger partial charge in [-0.15, -0.1) is 0 Å². The molecular weight excluding hydrogens is 267 g/mol. The van der Waals surface area contributed by atoms with Gasteiger partial charge < -0.3 is 9.67 Å². The van der Waals surface area contributed by atoms with Gasteiger partial charge in [-0.05, 0) is 35.2 Å². The van der Waals surface area contributed by atoms with Crippen LogP contribution in [0, 0.1) is 17.1 Å². The van der Waals surface area contributed by atoms with E-state index in [4.69, 9.17) is 10.4 Å². The van der Waals surface area contributed by atoms with Gasteiger partial charge in [0.15, 0.2) is 0 Å². The Morgan fingerprint density at radius 3 is 2.81 bits per heavy atom. The molecule has 1 heterocycles. The van der Waals surface area contributed by atoms with E-state index in [2.05, 4.69) is 0 Å². The van der Waals surface area contributed by atoms with Crippen LogP contribution in [0.4, 0.5) is 4.39 Å². The minimum atomic E-state index is -0.464. The number of rotatable bonds is 3. The van der Waals surface area contributed by atoms with Gasteiger partial charge in [-0.2, -0.15) is 5.26 Å². The number of hydrogen-bond acceptors (Lipinski definition) is 2. The van der Waals surface area contributed by atoms with Crippen molar-refractivity contribution in [1.82, 2.24) is 4.57 Å². The van der Waals surface area contributed by atoms with E-state index < -0.39 is 5.82 Å². The lowest BCUT2D eigenvalue weighted by Crippen LogP contribution is -2.02. The highest BCUT2D eigenvalue weighted by Crippen LogP contribution is 2.21. The van der Waals surface area contributed by atoms with E-state index in [1.165, 1.54) is 6.07 Å². The molecule has 0 aliphatic rings. The first-order valence-electron chi connectivity index (χ1n) is 6.59. The number of nitriles is 1. The predicted molar refractivity (Wildman–Crippen MR) is 78.1 cm³/mol. The van der Waals surface area contributed by atoms with E-state index in [-0.39, 0.29) is 12.2 Å². The Labute approximate surface area is 121 Å². The van der Waals surface area contributed by atoms with Crippen LogP contribution in [-0.2, 0) is 13.2 Å². The Morgan fingerprint density at radius 1 is 1.19 bits per heavy atom. The van der Waals surface area contributed by atoms with Crippen molar-refractivity contribution >= 4 is 10.9 Å². The summed E-state index contributed by atoms with van der Waals surface area (Å²) in [6.45, 7) is 0.364. The van der Waals surface area contributed by atoms with Gasteiger partial charge >= 0.3 is 0 Å². The van der Waals surface area contributed by atoms with E-state index in [9.17, 15) is 4.39 Å². The van der Waals surface area contributed by atoms with E-state index >= 15 is 0 Å². The highest BCUT2D eigenvalue weighted by molar-refractivity contribution is 5.81. The molecule has 4 heteroatoms. The summed E-state index contributed by atoms with van der Waals surface area (Å²) in [5.74, 6) is -0.464. The third kappa shape index (κ3) is 2.39. The average molecular weight is 280 g/mol. The largest absolute Gasteiger partial charge is 0.392 e. The second kappa shape index (κ2) is 5.39. The molecule has 0 saturated carbocycles. The van der Waals surface area contributed by atoms with E-state index in [0.29, 0.717) is 12.1 Å². The number of hydrogen-bond donors (Lipinski definition) is 1. The number of fused-ring (bicyclic) bond motifs is 1. The Hall–Kier alpha value is -2.64. The van der Waals surface area contributed by atoms with Crippen molar-refractivity contribution in [3.8, 4) is 6.07 Å². The van der Waals surface area contributed by atoms with Crippen LogP contribution in [0.1, 0.15) is 16.7 Å². The lowest BCUT2D eigenvalue weighted by molar-refractivity contribution is 0.282. The summed E-state index contributed by atoms with van der Waals surface area (Å²) >= 11 is 0. The van der Waals surface area contributed by atoms with Crippen LogP contribution in [0.2, 0.25) is 0 Å². The van der Waals surface area contributed by atoms with Gasteiger partial charge in [-0.1, -0.05) is 18.2 Å². The lowest BCUT2D eigenvalue weighted by atomic mass is 10.1. The maximum absolute atomic E-state index is 14.1. The molecule has 0 radical (unpaired) electrons. The highest BCUT2D eigenvalue weighted by atomic mass is 19.1. The fourth-order valence-electron chi connectivity index (χ4n) is 2.46. The number of aliphatic hydroxyl groups excluding tert-OH is 1. The third-order valence-electron chi connectivity index (χ3n) is 3.56. The third-order valence-corrected chi connectivity index (χ3v) is 3.56. The van der Waals surface area contributed by atoms with Gasteiger partial charge in [-0.3, -0.25) is 0 Å². The molecule has 0 spiro atoms. The molecule has 0 aliphatic carbocycles. The lowest BCUT2D eigenvalue weighted by Gasteiger charge is -2.08. The molecule has 3 aromatic rings. The summed E-state index contributed by atoms with van der Waals surface area (Å²) in [6.07, 6.45) is 1.88. The summed E-state index contributed by atoms with van der Waals surface area (Å²) in [6, 6.07) is 14.3. The number of halogens is 1. The zero-order chi connectivity index (χ0) is 14.8. The molecule has 0 aliphatic heterocycles. The average Bonchev–Trinajstić information content (AvgIpc) is 2.91. The molecule has 21 heavy (non-hydrogen) atoms. The fourth-order valence-corrected chi connectivity index (χ4v) is 2.46. The van der Waals surface area contributed by atoms with Crippen LogP contribution in [0.25, 0.3) is 10.9 Å². The summed E-state index contributed by atoms with van der Waals surface area (Å²) in [4.78, 5) is 0. The van der Waals surface area contributed by atoms with E-state index in [1.807, 2.05) is 41.1 Å². The molecule has 0 unspecified atom stereocenters. The van der Waals surface area contributed by atoms with Crippen LogP contribution >= 0.6 is 0 Å². The van der Waals surface area contributed by atoms with Crippen molar-refractivity contribution in [2.45, 2.75) is 13.2 Å². The zero-order valence-electron chi connectivity index (χ0n) is 11.3. The number of nitrogens with zero attached hydrogens (tertiary/aromatic N) is 2. The highest BCUT2D eigenvalue weighted by Gasteiger charge is 2.09. The Balaban J connectivity index is 2.01. The fraction of sp³-hybridized carbons (Fsp3) is 0.118. The standard InChI is InChI=1S/C17H13FN2O/c18-17-14(9-19)2-1-3-15(17)10-20-7-6-13-8-12(11-21)4-5-16(13)20/h1-8,21H,10-11H2. The summed E-state index contributed by atoms with van der Waals surface area (Å²) in [5.41, 5.74) is 2.36. The second-order valence-electron chi connectivity index (χ2n) is 4.89. The Bertz CT molecular complexity index is 846. The van der Waals surface area contributed by atoms with Gasteiger partial charge in [0.2, 0.25) is 0 Å². The van der Waals surface area contributed by atoms with Crippen molar-refractivity contribution in [3.63, 3.8) is 0 Å². The maximum Gasteiger partial charge on any atom is 0.145 e. The first kappa shape index (κ1) is 13.3. The predicted octanol–water partition coefficient (Wildman–Crippen LogP) is 3.19. The normalized spacial score (nSPS) is 10.7. The molecular formula is C17H13FN2O. The molecule has 2 aromatic carbocycles. The molecule has 0 bridgehead atoms. The Kier molecular flexibility index (Phi) is 3.43. The SMILES string of the molecule is N#Cc1cccc(Cn2ccc3cc(CO)ccc32)c1F. The second-order valence-corrected chi connectivity index (χ2v) is 4.89. The van der Waals surface area contributed by atoms with Crippen molar-refractivity contribution in [1.29, 1.82) is 5.26 Å². The van der Waals surface area contributed by atoms with Gasteiger partial charge in [0.05, 0.1) is 18.7 Å². The molecule has 3 rings (SSSR count). The van der Waals surface area contributed by atoms with Crippen LogP contribution in [0.5, 0.6) is 0 Å². The van der Waals surface area contributed by atoms with Crippen molar-refractivity contribution < 1.29 is 9.50 Å². The zero-order valence-corrected chi connectivity index (χ0v) is 11.3. The van der Waals surface area contributed by atoms with Crippen molar-refractivity contribution in [2.75, 3.05) is 0 Å². The molecule has 104 valence electrons. The van der Waals surface area contributed by atoms with E-state index in [1.54, 1.807) is 12.1 Å². The van der Waals surface area contributed by atoms with Crippen molar-refractivity contribution in [3.05, 3.63) is 71.2 Å². The minimum absolute atomic E-state index is 0.0000369. The molecule has 0 fully saturated rings. The summed E-state index contributed by atoms with van der Waals surface area (Å²) in [5, 5.41) is 19.0. The summed E-state index contributed by atoms with van der Waals surface area (Å²) in [7, 11) is 0. The van der Waals surface area contributed by atoms with Gasteiger partial charge in [0.25, 0.3) is 0 Å². The molecule has 0 atom stereocenters. The number of benzene rings is 2.